The third kappa shape index (κ3) is 6.31. The molecule has 0 fully saturated rings. The Bertz CT molecular complexity index is 912. The van der Waals surface area contributed by atoms with Crippen LogP contribution in [0.25, 0.3) is 0 Å². The average Bonchev–Trinajstić information content (AvgIpc) is 2.67. The summed E-state index contributed by atoms with van der Waals surface area (Å²) in [5.74, 6) is 0.0623. The molecule has 0 aromatic heterocycles. The fourth-order valence-corrected chi connectivity index (χ4v) is 3.39. The highest BCUT2D eigenvalue weighted by Gasteiger charge is 2.14. The summed E-state index contributed by atoms with van der Waals surface area (Å²) in [5, 5.41) is 0. The van der Waals surface area contributed by atoms with Gasteiger partial charge in [-0.3, -0.25) is 0 Å². The van der Waals surface area contributed by atoms with E-state index in [0.717, 1.165) is 5.56 Å². The minimum absolute atomic E-state index is 0.111. The minimum Gasteiger partial charge on any atom is -0.482 e. The number of methoxy groups -OCH3 is 1. The normalized spacial score (nSPS) is 11.0. The molecule has 3 N–H and O–H groups in total. The molecule has 0 saturated carbocycles. The van der Waals surface area contributed by atoms with Crippen molar-refractivity contribution in [2.45, 2.75) is 11.3 Å². The first-order chi connectivity index (χ1) is 12.8. The summed E-state index contributed by atoms with van der Waals surface area (Å²) in [6.07, 6.45) is 0.492. The van der Waals surface area contributed by atoms with E-state index in [0.29, 0.717) is 17.7 Å². The van der Waals surface area contributed by atoms with Crippen molar-refractivity contribution in [3.63, 3.8) is 0 Å². The Morgan fingerprint density at radius 3 is 2.52 bits per heavy atom. The number of sulfonamides is 1. The summed E-state index contributed by atoms with van der Waals surface area (Å²) in [4.78, 5) is 11.3. The van der Waals surface area contributed by atoms with Gasteiger partial charge in [-0.1, -0.05) is 36.5 Å². The number of carbonyl (C=O) groups is 1. The van der Waals surface area contributed by atoms with Crippen LogP contribution in [0.15, 0.2) is 53.4 Å². The molecule has 0 amide bonds. The van der Waals surface area contributed by atoms with Crippen molar-refractivity contribution in [1.82, 2.24) is 4.72 Å². The highest BCUT2D eigenvalue weighted by molar-refractivity contribution is 7.89. The maximum atomic E-state index is 12.4. The molecule has 2 rings (SSSR count). The number of benzene rings is 2. The van der Waals surface area contributed by atoms with Gasteiger partial charge in [-0.25, -0.2) is 17.9 Å². The molecule has 0 spiro atoms. The molecule has 0 aliphatic carbocycles. The largest absolute Gasteiger partial charge is 0.482 e. The maximum Gasteiger partial charge on any atom is 0.343 e. The monoisotopic (exact) mass is 408 g/mol. The van der Waals surface area contributed by atoms with E-state index in [1.165, 1.54) is 19.2 Å². The summed E-state index contributed by atoms with van der Waals surface area (Å²) in [6, 6.07) is 13.2. The molecule has 2 aromatic rings. The highest BCUT2D eigenvalue weighted by atomic mass is 32.2. The summed E-state index contributed by atoms with van der Waals surface area (Å²) >= 11 is 4.87. The van der Waals surface area contributed by atoms with Crippen molar-refractivity contribution in [3.05, 3.63) is 59.7 Å². The Morgan fingerprint density at radius 2 is 1.89 bits per heavy atom. The van der Waals surface area contributed by atoms with Gasteiger partial charge in [0.2, 0.25) is 10.0 Å². The number of rotatable bonds is 9. The molecule has 7 nitrogen and oxygen atoms in total. The molecule has 0 aliphatic rings. The van der Waals surface area contributed by atoms with Crippen molar-refractivity contribution in [1.29, 1.82) is 0 Å². The number of nitrogens with two attached hydrogens (primary N) is 1. The number of thiocarbonyl (C=S) groups is 1. The van der Waals surface area contributed by atoms with Crippen molar-refractivity contribution in [2.24, 2.45) is 5.73 Å². The van der Waals surface area contributed by atoms with Crippen LogP contribution >= 0.6 is 12.2 Å². The first-order valence-electron chi connectivity index (χ1n) is 8.00. The van der Waals surface area contributed by atoms with E-state index < -0.39 is 16.0 Å². The van der Waals surface area contributed by atoms with Gasteiger partial charge < -0.3 is 15.2 Å². The lowest BCUT2D eigenvalue weighted by molar-refractivity contribution is -0.142. The number of hydrogen-bond donors (Lipinski definition) is 2. The van der Waals surface area contributed by atoms with Gasteiger partial charge in [0.05, 0.1) is 12.0 Å². The molecule has 0 bridgehead atoms. The number of esters is 1. The third-order valence-electron chi connectivity index (χ3n) is 3.64. The van der Waals surface area contributed by atoms with E-state index in [-0.39, 0.29) is 23.0 Å². The number of carbonyl (C=O) groups excluding carboxylic acids is 1. The molecule has 0 unspecified atom stereocenters. The Labute approximate surface area is 163 Å². The van der Waals surface area contributed by atoms with E-state index in [2.05, 4.69) is 9.46 Å². The number of nitrogens with one attached hydrogen (secondary N) is 1. The quantitative estimate of drug-likeness (QED) is 0.477. The maximum absolute atomic E-state index is 12.4. The molecule has 0 radical (unpaired) electrons. The fourth-order valence-electron chi connectivity index (χ4n) is 2.18. The van der Waals surface area contributed by atoms with E-state index in [4.69, 9.17) is 22.7 Å². The highest BCUT2D eigenvalue weighted by Crippen LogP contribution is 2.14. The summed E-state index contributed by atoms with van der Waals surface area (Å²) in [7, 11) is -2.37. The zero-order valence-corrected chi connectivity index (χ0v) is 16.3. The molecule has 0 atom stereocenters. The third-order valence-corrected chi connectivity index (χ3v) is 5.34. The number of ether oxygens (including phenoxy) is 2. The Balaban J connectivity index is 1.90. The molecule has 144 valence electrons. The van der Waals surface area contributed by atoms with E-state index >= 15 is 0 Å². The van der Waals surface area contributed by atoms with Gasteiger partial charge in [0.25, 0.3) is 0 Å². The first kappa shape index (κ1) is 20.8. The second-order valence-electron chi connectivity index (χ2n) is 5.55. The van der Waals surface area contributed by atoms with Crippen molar-refractivity contribution >= 4 is 33.2 Å². The molecule has 9 heteroatoms. The Morgan fingerprint density at radius 1 is 1.19 bits per heavy atom. The lowest BCUT2D eigenvalue weighted by Gasteiger charge is -2.09. The van der Waals surface area contributed by atoms with Crippen LogP contribution in [0.1, 0.15) is 11.1 Å². The smallest absolute Gasteiger partial charge is 0.343 e. The van der Waals surface area contributed by atoms with Gasteiger partial charge >= 0.3 is 5.97 Å². The molecule has 2 aromatic carbocycles. The van der Waals surface area contributed by atoms with Crippen LogP contribution in [0.4, 0.5) is 0 Å². The zero-order valence-electron chi connectivity index (χ0n) is 14.7. The van der Waals surface area contributed by atoms with Crippen LogP contribution in [0.5, 0.6) is 5.75 Å². The lowest BCUT2D eigenvalue weighted by atomic mass is 10.1. The molecular weight excluding hydrogens is 388 g/mol. The molecule has 0 heterocycles. The van der Waals surface area contributed by atoms with E-state index in [1.54, 1.807) is 36.4 Å². The van der Waals surface area contributed by atoms with Gasteiger partial charge in [0.1, 0.15) is 10.7 Å². The van der Waals surface area contributed by atoms with Crippen LogP contribution in [0.3, 0.4) is 0 Å². The van der Waals surface area contributed by atoms with Crippen LogP contribution in [-0.4, -0.2) is 39.6 Å². The van der Waals surface area contributed by atoms with E-state index in [1.807, 2.05) is 0 Å². The van der Waals surface area contributed by atoms with Gasteiger partial charge in [-0.05, 0) is 36.2 Å². The van der Waals surface area contributed by atoms with Crippen molar-refractivity contribution in [3.8, 4) is 5.75 Å². The predicted octanol–water partition coefficient (Wildman–Crippen LogP) is 1.39. The topological polar surface area (TPSA) is 108 Å². The standard InChI is InChI=1S/C18H20N2O5S2/c1-24-17(21)12-25-15-7-5-13(6-8-15)9-10-20-27(22,23)16-4-2-3-14(11-16)18(19)26/h2-8,11,20H,9-10,12H2,1H3,(H2,19,26). The van der Waals surface area contributed by atoms with Crippen LogP contribution in [0.2, 0.25) is 0 Å². The minimum atomic E-state index is -3.66. The van der Waals surface area contributed by atoms with Gasteiger partial charge in [-0.15, -0.1) is 0 Å². The van der Waals surface area contributed by atoms with Crippen LogP contribution in [-0.2, 0) is 26.0 Å². The van der Waals surface area contributed by atoms with Gasteiger partial charge in [0, 0.05) is 12.1 Å². The Kier molecular flexibility index (Phi) is 7.28. The molecule has 0 aliphatic heterocycles. The second-order valence-corrected chi connectivity index (χ2v) is 7.76. The SMILES string of the molecule is COC(=O)COc1ccc(CCNS(=O)(=O)c2cccc(C(N)=S)c2)cc1. The number of hydrogen-bond acceptors (Lipinski definition) is 6. The lowest BCUT2D eigenvalue weighted by Crippen LogP contribution is -2.26. The van der Waals surface area contributed by atoms with Crippen LogP contribution in [0, 0.1) is 0 Å². The van der Waals surface area contributed by atoms with Crippen molar-refractivity contribution in [2.75, 3.05) is 20.3 Å². The fraction of sp³-hybridized carbons (Fsp3) is 0.222. The van der Waals surface area contributed by atoms with Crippen LogP contribution < -0.4 is 15.2 Å². The molecule has 0 saturated heterocycles. The summed E-state index contributed by atoms with van der Waals surface area (Å²) in [5.41, 5.74) is 6.95. The summed E-state index contributed by atoms with van der Waals surface area (Å²) in [6.45, 7) is 0.0585. The molecule has 27 heavy (non-hydrogen) atoms. The average molecular weight is 409 g/mol. The molecular formula is C18H20N2O5S2. The van der Waals surface area contributed by atoms with Crippen molar-refractivity contribution < 1.29 is 22.7 Å². The van der Waals surface area contributed by atoms with E-state index in [9.17, 15) is 13.2 Å². The second kappa shape index (κ2) is 9.45. The van der Waals surface area contributed by atoms with Gasteiger partial charge in [-0.2, -0.15) is 0 Å². The zero-order chi connectivity index (χ0) is 19.9. The predicted molar refractivity (Wildman–Crippen MR) is 105 cm³/mol. The Hall–Kier alpha value is -2.49. The first-order valence-corrected chi connectivity index (χ1v) is 9.89. The van der Waals surface area contributed by atoms with Gasteiger partial charge in [0.15, 0.2) is 6.61 Å². The summed E-state index contributed by atoms with van der Waals surface area (Å²) < 4.78 is 37.0.